The van der Waals surface area contributed by atoms with Crippen LogP contribution in [0, 0.1) is 5.92 Å². The lowest BCUT2D eigenvalue weighted by Crippen LogP contribution is -2.49. The Morgan fingerprint density at radius 3 is 2.40 bits per heavy atom. The van der Waals surface area contributed by atoms with Crippen molar-refractivity contribution in [2.24, 2.45) is 5.92 Å². The lowest BCUT2D eigenvalue weighted by Gasteiger charge is -2.37. The van der Waals surface area contributed by atoms with E-state index in [9.17, 15) is 18.3 Å². The number of carbonyl (C=O) groups is 1. The van der Waals surface area contributed by atoms with Gasteiger partial charge in [0.05, 0.1) is 12.2 Å². The summed E-state index contributed by atoms with van der Waals surface area (Å²) in [5.41, 5.74) is 3.02. The molecule has 4 rings (SSSR count). The molecule has 0 bridgehead atoms. The molecule has 40 heavy (non-hydrogen) atoms. The Labute approximate surface area is 236 Å². The fourth-order valence-electron chi connectivity index (χ4n) is 4.76. The second-order valence-electron chi connectivity index (χ2n) is 10.4. The summed E-state index contributed by atoms with van der Waals surface area (Å²) in [5, 5.41) is 19.0. The van der Waals surface area contributed by atoms with Gasteiger partial charge in [-0.05, 0) is 54.9 Å². The Kier molecular flexibility index (Phi) is 9.42. The number of ether oxygens (including phenoxy) is 1. The van der Waals surface area contributed by atoms with E-state index in [1.54, 1.807) is 49.4 Å². The van der Waals surface area contributed by atoms with Crippen LogP contribution in [0.15, 0.2) is 77.7 Å². The molecular formula is C31H36N2O6S. The first-order chi connectivity index (χ1) is 19.1. The molecule has 9 heteroatoms. The molecule has 0 unspecified atom stereocenters. The molecule has 8 nitrogen and oxygen atoms in total. The lowest BCUT2D eigenvalue weighted by atomic mass is 10.0. The van der Waals surface area contributed by atoms with E-state index in [2.05, 4.69) is 4.90 Å². The van der Waals surface area contributed by atoms with Gasteiger partial charge in [-0.1, -0.05) is 67.6 Å². The van der Waals surface area contributed by atoms with Gasteiger partial charge in [-0.15, -0.1) is 0 Å². The monoisotopic (exact) mass is 564 g/mol. The van der Waals surface area contributed by atoms with E-state index >= 15 is 0 Å². The maximum atomic E-state index is 13.7. The van der Waals surface area contributed by atoms with Crippen molar-refractivity contribution in [1.82, 2.24) is 9.21 Å². The smallest absolute Gasteiger partial charge is 0.335 e. The first-order valence-corrected chi connectivity index (χ1v) is 14.7. The number of likely N-dealkylation sites (N-methyl/N-ethyl adjacent to an activating group) is 1. The van der Waals surface area contributed by atoms with Crippen LogP contribution in [0.25, 0.3) is 12.2 Å². The average Bonchev–Trinajstić information content (AvgIpc) is 2.94. The molecule has 3 atom stereocenters. The summed E-state index contributed by atoms with van der Waals surface area (Å²) < 4.78 is 35.3. The van der Waals surface area contributed by atoms with Crippen LogP contribution < -0.4 is 4.74 Å². The Hall–Kier alpha value is -3.50. The summed E-state index contributed by atoms with van der Waals surface area (Å²) in [6, 6.07) is 21.1. The SMILES string of the molecule is C[C@H]1CN([C@@H](C)CO)S(=O)(=O)c2ccc(/C=C/c3ccccc3)cc2O[C@@H]1CN(C)Cc1ccc(C(=O)O)cc1. The van der Waals surface area contributed by atoms with E-state index in [1.807, 2.05) is 56.5 Å². The van der Waals surface area contributed by atoms with E-state index in [-0.39, 0.29) is 41.4 Å². The summed E-state index contributed by atoms with van der Waals surface area (Å²) in [6.07, 6.45) is 3.53. The molecule has 0 saturated carbocycles. The third-order valence-corrected chi connectivity index (χ3v) is 9.12. The molecule has 0 fully saturated rings. The number of aliphatic hydroxyl groups is 1. The quantitative estimate of drug-likeness (QED) is 0.370. The van der Waals surface area contributed by atoms with Crippen molar-refractivity contribution in [2.75, 3.05) is 26.7 Å². The van der Waals surface area contributed by atoms with E-state index in [1.165, 1.54) is 4.31 Å². The second kappa shape index (κ2) is 12.8. The number of sulfonamides is 1. The van der Waals surface area contributed by atoms with Gasteiger partial charge in [-0.2, -0.15) is 4.31 Å². The first kappa shape index (κ1) is 29.5. The molecule has 0 saturated heterocycles. The number of hydrogen-bond acceptors (Lipinski definition) is 6. The van der Waals surface area contributed by atoms with Crippen LogP contribution in [-0.2, 0) is 16.6 Å². The topological polar surface area (TPSA) is 107 Å². The first-order valence-electron chi connectivity index (χ1n) is 13.3. The fraction of sp³-hybridized carbons (Fsp3) is 0.323. The van der Waals surface area contributed by atoms with Gasteiger partial charge < -0.3 is 14.9 Å². The fourth-order valence-corrected chi connectivity index (χ4v) is 6.58. The normalized spacial score (nSPS) is 19.9. The molecule has 0 radical (unpaired) electrons. The van der Waals surface area contributed by atoms with Gasteiger partial charge in [0, 0.05) is 31.6 Å². The summed E-state index contributed by atoms with van der Waals surface area (Å²) >= 11 is 0. The highest BCUT2D eigenvalue weighted by Crippen LogP contribution is 2.34. The minimum absolute atomic E-state index is 0.0773. The zero-order valence-electron chi connectivity index (χ0n) is 23.0. The third kappa shape index (κ3) is 6.98. The molecule has 0 aliphatic carbocycles. The van der Waals surface area contributed by atoms with Gasteiger partial charge in [0.2, 0.25) is 10.0 Å². The van der Waals surface area contributed by atoms with Crippen molar-refractivity contribution >= 4 is 28.1 Å². The minimum Gasteiger partial charge on any atom is -0.487 e. The number of rotatable bonds is 9. The Morgan fingerprint density at radius 1 is 1.07 bits per heavy atom. The van der Waals surface area contributed by atoms with Crippen molar-refractivity contribution in [3.05, 3.63) is 95.1 Å². The van der Waals surface area contributed by atoms with Crippen LogP contribution in [0.4, 0.5) is 0 Å². The van der Waals surface area contributed by atoms with Gasteiger partial charge >= 0.3 is 5.97 Å². The zero-order chi connectivity index (χ0) is 28.9. The number of benzene rings is 3. The Bertz CT molecular complexity index is 1440. The molecule has 3 aromatic carbocycles. The van der Waals surface area contributed by atoms with Crippen LogP contribution >= 0.6 is 0 Å². The highest BCUT2D eigenvalue weighted by molar-refractivity contribution is 7.89. The van der Waals surface area contributed by atoms with E-state index in [4.69, 9.17) is 9.84 Å². The molecular weight excluding hydrogens is 528 g/mol. The van der Waals surface area contributed by atoms with Gasteiger partial charge in [0.1, 0.15) is 16.7 Å². The molecule has 0 aromatic heterocycles. The van der Waals surface area contributed by atoms with E-state index in [0.717, 1.165) is 16.7 Å². The van der Waals surface area contributed by atoms with Crippen molar-refractivity contribution in [2.45, 2.75) is 37.4 Å². The summed E-state index contributed by atoms with van der Waals surface area (Å²) in [7, 11) is -1.97. The molecule has 3 aromatic rings. The standard InChI is InChI=1S/C31H36N2O6S/c1-22-18-33(23(2)21-34)40(37,38)30-16-13-25(10-9-24-7-5-4-6-8-24)17-28(30)39-29(22)20-32(3)19-26-11-14-27(15-12-26)31(35)36/h4-17,22-23,29,34H,18-21H2,1-3H3,(H,35,36)/b10-9+/t22-,23-,29+/m0/s1. The van der Waals surface area contributed by atoms with Crippen LogP contribution in [0.1, 0.15) is 40.9 Å². The van der Waals surface area contributed by atoms with E-state index < -0.39 is 22.0 Å². The molecule has 0 spiro atoms. The number of fused-ring (bicyclic) bond motifs is 1. The van der Waals surface area contributed by atoms with Gasteiger partial charge in [-0.3, -0.25) is 4.90 Å². The largest absolute Gasteiger partial charge is 0.487 e. The number of nitrogens with zero attached hydrogens (tertiary/aromatic N) is 2. The Morgan fingerprint density at radius 2 is 1.75 bits per heavy atom. The number of hydrogen-bond donors (Lipinski definition) is 2. The predicted molar refractivity (Wildman–Crippen MR) is 156 cm³/mol. The molecule has 1 aliphatic heterocycles. The van der Waals surface area contributed by atoms with Crippen molar-refractivity contribution in [3.8, 4) is 5.75 Å². The van der Waals surface area contributed by atoms with Crippen molar-refractivity contribution in [3.63, 3.8) is 0 Å². The maximum Gasteiger partial charge on any atom is 0.335 e. The predicted octanol–water partition coefficient (Wildman–Crippen LogP) is 4.46. The van der Waals surface area contributed by atoms with Gasteiger partial charge in [0.15, 0.2) is 0 Å². The molecule has 1 aliphatic rings. The summed E-state index contributed by atoms with van der Waals surface area (Å²) in [6.45, 7) is 4.63. The number of aliphatic hydroxyl groups excluding tert-OH is 1. The minimum atomic E-state index is -3.92. The Balaban J connectivity index is 1.64. The molecule has 212 valence electrons. The number of carboxylic acid groups (broad SMARTS) is 1. The molecule has 1 heterocycles. The molecule has 2 N–H and O–H groups in total. The van der Waals surface area contributed by atoms with Crippen molar-refractivity contribution < 1.29 is 28.2 Å². The van der Waals surface area contributed by atoms with Crippen LogP contribution in [-0.4, -0.2) is 72.7 Å². The maximum absolute atomic E-state index is 13.7. The van der Waals surface area contributed by atoms with Crippen LogP contribution in [0.2, 0.25) is 0 Å². The highest BCUT2D eigenvalue weighted by Gasteiger charge is 2.38. The van der Waals surface area contributed by atoms with Crippen LogP contribution in [0.5, 0.6) is 5.75 Å². The average molecular weight is 565 g/mol. The lowest BCUT2D eigenvalue weighted by molar-refractivity contribution is 0.0697. The molecule has 0 amide bonds. The summed E-state index contributed by atoms with van der Waals surface area (Å²) in [5.74, 6) is -0.872. The van der Waals surface area contributed by atoms with E-state index in [0.29, 0.717) is 13.1 Å². The zero-order valence-corrected chi connectivity index (χ0v) is 23.8. The summed E-state index contributed by atoms with van der Waals surface area (Å²) in [4.78, 5) is 13.3. The van der Waals surface area contributed by atoms with Gasteiger partial charge in [0.25, 0.3) is 0 Å². The van der Waals surface area contributed by atoms with Gasteiger partial charge in [-0.25, -0.2) is 13.2 Å². The number of carboxylic acids is 1. The number of aromatic carboxylic acids is 1. The highest BCUT2D eigenvalue weighted by atomic mass is 32.2. The second-order valence-corrected chi connectivity index (χ2v) is 12.2. The van der Waals surface area contributed by atoms with Crippen LogP contribution in [0.3, 0.4) is 0 Å². The van der Waals surface area contributed by atoms with Crippen molar-refractivity contribution in [1.29, 1.82) is 0 Å². The third-order valence-electron chi connectivity index (χ3n) is 7.10.